The first-order chi connectivity index (χ1) is 16.6. The van der Waals surface area contributed by atoms with E-state index in [4.69, 9.17) is 13.9 Å². The topological polar surface area (TPSA) is 125 Å². The Hall–Kier alpha value is -3.66. The van der Waals surface area contributed by atoms with Crippen LogP contribution in [0.3, 0.4) is 0 Å². The summed E-state index contributed by atoms with van der Waals surface area (Å²) in [6.45, 7) is 10.2. The van der Waals surface area contributed by atoms with Crippen LogP contribution in [0.5, 0.6) is 0 Å². The molecule has 1 amide bonds. The molecule has 0 saturated carbocycles. The summed E-state index contributed by atoms with van der Waals surface area (Å²) in [5, 5.41) is 2.04. The number of carbonyl (C=O) groups is 2. The number of hydrogen-bond donors (Lipinski definition) is 1. The Bertz CT molecular complexity index is 1350. The molecule has 36 heavy (non-hydrogen) atoms. The van der Waals surface area contributed by atoms with Crippen LogP contribution in [-0.4, -0.2) is 36.7 Å². The normalized spacial score (nSPS) is 12.2. The molecule has 2 aromatic carbocycles. The number of nitrogens with zero attached hydrogens (tertiary/aromatic N) is 1. The summed E-state index contributed by atoms with van der Waals surface area (Å²) in [7, 11) is -4.20. The first kappa shape index (κ1) is 26.9. The molecule has 0 aliphatic rings. The third-order valence-corrected chi connectivity index (χ3v) is 6.11. The number of amides is 1. The zero-order chi connectivity index (χ0) is 26.7. The molecule has 0 aliphatic heterocycles. The number of aromatic nitrogens is 1. The van der Waals surface area contributed by atoms with Crippen LogP contribution < -0.4 is 5.32 Å². The predicted molar refractivity (Wildman–Crippen MR) is 132 cm³/mol. The summed E-state index contributed by atoms with van der Waals surface area (Å²) >= 11 is 0. The summed E-state index contributed by atoms with van der Waals surface area (Å²) in [6.07, 6.45) is 0.367. The standard InChI is InChI=1S/C26H30N2O7S/c1-25(2,3)34-23(29)19-12-18(17-10-8-7-9-11-17)13-20(14-19)36(31,32)22-16-27-21(33-22)15-28-24(30)35-26(4,5)6/h7-14,16H,15H2,1-6H3,(H,28,30). The molecule has 10 heteroatoms. The van der Waals surface area contributed by atoms with Gasteiger partial charge in [-0.15, -0.1) is 0 Å². The Morgan fingerprint density at radius 2 is 1.56 bits per heavy atom. The molecule has 0 atom stereocenters. The van der Waals surface area contributed by atoms with Crippen LogP contribution in [0.4, 0.5) is 4.79 Å². The van der Waals surface area contributed by atoms with Crippen molar-refractivity contribution in [3.8, 4) is 11.1 Å². The lowest BCUT2D eigenvalue weighted by molar-refractivity contribution is 0.00689. The SMILES string of the molecule is CC(C)(C)OC(=O)NCc1ncc(S(=O)(=O)c2cc(C(=O)OC(C)(C)C)cc(-c3ccccc3)c2)o1. The molecule has 192 valence electrons. The highest BCUT2D eigenvalue weighted by Crippen LogP contribution is 2.29. The number of hydrogen-bond acceptors (Lipinski definition) is 8. The zero-order valence-corrected chi connectivity index (χ0v) is 21.9. The minimum atomic E-state index is -4.20. The van der Waals surface area contributed by atoms with E-state index in [9.17, 15) is 18.0 Å². The molecular weight excluding hydrogens is 484 g/mol. The van der Waals surface area contributed by atoms with Crippen molar-refractivity contribution in [3.63, 3.8) is 0 Å². The monoisotopic (exact) mass is 514 g/mol. The lowest BCUT2D eigenvalue weighted by Crippen LogP contribution is -2.32. The fraction of sp³-hybridized carbons (Fsp3) is 0.346. The summed E-state index contributed by atoms with van der Waals surface area (Å²) in [6, 6.07) is 13.4. The third-order valence-electron chi connectivity index (χ3n) is 4.54. The quantitative estimate of drug-likeness (QED) is 0.448. The van der Waals surface area contributed by atoms with E-state index in [0.717, 1.165) is 11.8 Å². The van der Waals surface area contributed by atoms with Crippen molar-refractivity contribution in [1.82, 2.24) is 10.3 Å². The number of ether oxygens (including phenoxy) is 2. The molecule has 9 nitrogen and oxygen atoms in total. The van der Waals surface area contributed by atoms with Crippen molar-refractivity contribution in [1.29, 1.82) is 0 Å². The minimum Gasteiger partial charge on any atom is -0.456 e. The van der Waals surface area contributed by atoms with Gasteiger partial charge < -0.3 is 19.2 Å². The molecule has 1 aromatic heterocycles. The van der Waals surface area contributed by atoms with E-state index in [1.54, 1.807) is 59.7 Å². The number of alkyl carbamates (subject to hydrolysis) is 1. The van der Waals surface area contributed by atoms with Gasteiger partial charge in [0.25, 0.3) is 0 Å². The molecule has 0 saturated heterocycles. The average molecular weight is 515 g/mol. The molecular formula is C26H30N2O7S. The molecule has 1 heterocycles. The number of carbonyl (C=O) groups excluding carboxylic acids is 2. The molecule has 0 radical (unpaired) electrons. The van der Waals surface area contributed by atoms with Gasteiger partial charge in [0, 0.05) is 0 Å². The number of esters is 1. The van der Waals surface area contributed by atoms with E-state index in [0.29, 0.717) is 5.56 Å². The lowest BCUT2D eigenvalue weighted by atomic mass is 10.0. The van der Waals surface area contributed by atoms with Crippen LogP contribution in [0.15, 0.2) is 69.1 Å². The van der Waals surface area contributed by atoms with Gasteiger partial charge in [-0.3, -0.25) is 0 Å². The van der Waals surface area contributed by atoms with Crippen LogP contribution in [0.2, 0.25) is 0 Å². The number of oxazole rings is 1. The predicted octanol–water partition coefficient (Wildman–Crippen LogP) is 5.15. The van der Waals surface area contributed by atoms with Crippen molar-refractivity contribution in [2.75, 3.05) is 0 Å². The molecule has 0 fully saturated rings. The van der Waals surface area contributed by atoms with E-state index >= 15 is 0 Å². The fourth-order valence-electron chi connectivity index (χ4n) is 3.08. The molecule has 0 aliphatic carbocycles. The van der Waals surface area contributed by atoms with Crippen molar-refractivity contribution in [3.05, 3.63) is 66.2 Å². The van der Waals surface area contributed by atoms with Gasteiger partial charge in [0.1, 0.15) is 11.2 Å². The molecule has 3 rings (SSSR count). The van der Waals surface area contributed by atoms with Crippen LogP contribution >= 0.6 is 0 Å². The molecule has 0 bridgehead atoms. The Balaban J connectivity index is 1.94. The van der Waals surface area contributed by atoms with Gasteiger partial charge in [-0.05, 0) is 70.9 Å². The van der Waals surface area contributed by atoms with Gasteiger partial charge in [-0.2, -0.15) is 0 Å². The first-order valence-corrected chi connectivity index (χ1v) is 12.7. The van der Waals surface area contributed by atoms with Crippen molar-refractivity contribution >= 4 is 21.9 Å². The van der Waals surface area contributed by atoms with Crippen LogP contribution in [0.25, 0.3) is 11.1 Å². The lowest BCUT2D eigenvalue weighted by Gasteiger charge is -2.20. The number of rotatable bonds is 6. The van der Waals surface area contributed by atoms with Crippen molar-refractivity contribution < 1.29 is 31.9 Å². The maximum absolute atomic E-state index is 13.4. The molecule has 1 N–H and O–H groups in total. The van der Waals surface area contributed by atoms with E-state index in [2.05, 4.69) is 10.3 Å². The zero-order valence-electron chi connectivity index (χ0n) is 21.1. The Morgan fingerprint density at radius 1 is 0.917 bits per heavy atom. The van der Waals surface area contributed by atoms with Gasteiger partial charge in [0.05, 0.1) is 23.2 Å². The number of benzene rings is 2. The Labute approximate surface area is 210 Å². The molecule has 0 spiro atoms. The Morgan fingerprint density at radius 3 is 2.17 bits per heavy atom. The highest BCUT2D eigenvalue weighted by atomic mass is 32.2. The summed E-state index contributed by atoms with van der Waals surface area (Å²) < 4.78 is 42.9. The molecule has 3 aromatic rings. The average Bonchev–Trinajstić information content (AvgIpc) is 3.26. The van der Waals surface area contributed by atoms with Gasteiger partial charge in [0.2, 0.25) is 20.8 Å². The van der Waals surface area contributed by atoms with Crippen LogP contribution in [-0.2, 0) is 25.9 Å². The minimum absolute atomic E-state index is 0.0222. The summed E-state index contributed by atoms with van der Waals surface area (Å²) in [5.41, 5.74) is -0.135. The maximum atomic E-state index is 13.4. The summed E-state index contributed by atoms with van der Waals surface area (Å²) in [4.78, 5) is 28.5. The second-order valence-electron chi connectivity index (χ2n) is 10.0. The Kier molecular flexibility index (Phi) is 7.59. The van der Waals surface area contributed by atoms with E-state index < -0.39 is 38.2 Å². The first-order valence-electron chi connectivity index (χ1n) is 11.2. The van der Waals surface area contributed by atoms with Gasteiger partial charge in [-0.1, -0.05) is 30.3 Å². The summed E-state index contributed by atoms with van der Waals surface area (Å²) in [5.74, 6) is -0.678. The second kappa shape index (κ2) is 10.1. The van der Waals surface area contributed by atoms with E-state index in [1.165, 1.54) is 12.1 Å². The smallest absolute Gasteiger partial charge is 0.408 e. The maximum Gasteiger partial charge on any atom is 0.408 e. The van der Waals surface area contributed by atoms with Crippen molar-refractivity contribution in [2.24, 2.45) is 0 Å². The van der Waals surface area contributed by atoms with Crippen molar-refractivity contribution in [2.45, 2.75) is 69.3 Å². The van der Waals surface area contributed by atoms with E-state index in [-0.39, 0.29) is 22.9 Å². The van der Waals surface area contributed by atoms with Gasteiger partial charge in [0.15, 0.2) is 0 Å². The largest absolute Gasteiger partial charge is 0.456 e. The van der Waals surface area contributed by atoms with Gasteiger partial charge >= 0.3 is 12.1 Å². The van der Waals surface area contributed by atoms with Gasteiger partial charge in [-0.25, -0.2) is 23.0 Å². The highest BCUT2D eigenvalue weighted by Gasteiger charge is 2.27. The fourth-order valence-corrected chi connectivity index (χ4v) is 4.28. The highest BCUT2D eigenvalue weighted by molar-refractivity contribution is 7.91. The third kappa shape index (κ3) is 7.17. The molecule has 0 unspecified atom stereocenters. The van der Waals surface area contributed by atoms with E-state index in [1.807, 2.05) is 18.2 Å². The van der Waals surface area contributed by atoms with Crippen LogP contribution in [0, 0.1) is 0 Å². The second-order valence-corrected chi connectivity index (χ2v) is 11.9. The number of sulfone groups is 1. The number of nitrogens with one attached hydrogen (secondary N) is 1. The van der Waals surface area contributed by atoms with Crippen LogP contribution in [0.1, 0.15) is 57.8 Å².